The van der Waals surface area contributed by atoms with Crippen LogP contribution in [0.25, 0.3) is 21.9 Å². The van der Waals surface area contributed by atoms with Crippen molar-refractivity contribution in [2.45, 2.75) is 6.92 Å². The minimum Gasteiger partial charge on any atom is -0.478 e. The number of aromatic nitrogens is 1. The molecule has 0 bridgehead atoms. The number of rotatable bonds is 2. The molecule has 0 aliphatic heterocycles. The minimum atomic E-state index is -0.909. The van der Waals surface area contributed by atoms with E-state index in [2.05, 4.69) is 4.98 Å². The molecule has 0 amide bonds. The first-order chi connectivity index (χ1) is 9.66. The molecule has 0 spiro atoms. The maximum atomic E-state index is 11.1. The topological polar surface area (TPSA) is 50.2 Å². The minimum absolute atomic E-state index is 0.302. The van der Waals surface area contributed by atoms with Crippen molar-refractivity contribution >= 4 is 16.7 Å². The third kappa shape index (κ3) is 2.03. The summed E-state index contributed by atoms with van der Waals surface area (Å²) in [6.45, 7) is 1.99. The maximum Gasteiger partial charge on any atom is 0.335 e. The fraction of sp³-hybridized carbons (Fsp3) is 0.0588. The Kier molecular flexibility index (Phi) is 2.95. The number of carboxylic acids is 1. The van der Waals surface area contributed by atoms with Gasteiger partial charge in [-0.1, -0.05) is 24.3 Å². The van der Waals surface area contributed by atoms with E-state index in [4.69, 9.17) is 5.11 Å². The van der Waals surface area contributed by atoms with Crippen LogP contribution in [0.5, 0.6) is 0 Å². The normalized spacial score (nSPS) is 10.7. The van der Waals surface area contributed by atoms with Gasteiger partial charge in [-0.05, 0) is 47.2 Å². The van der Waals surface area contributed by atoms with Crippen LogP contribution in [-0.4, -0.2) is 16.1 Å². The standard InChI is InChI=1S/C17H13NO2/c1-11-5-6-12(17(19)20)9-16(11)15-4-2-3-13-10-18-8-7-14(13)15/h2-10H,1H3,(H,19,20). The van der Waals surface area contributed by atoms with E-state index in [0.29, 0.717) is 5.56 Å². The number of hydrogen-bond acceptors (Lipinski definition) is 2. The largest absolute Gasteiger partial charge is 0.478 e. The van der Waals surface area contributed by atoms with Gasteiger partial charge in [0.05, 0.1) is 5.56 Å². The SMILES string of the molecule is Cc1ccc(C(=O)O)cc1-c1cccc2cnccc12. The van der Waals surface area contributed by atoms with Gasteiger partial charge in [0.1, 0.15) is 0 Å². The van der Waals surface area contributed by atoms with E-state index < -0.39 is 5.97 Å². The summed E-state index contributed by atoms with van der Waals surface area (Å²) < 4.78 is 0. The van der Waals surface area contributed by atoms with Gasteiger partial charge < -0.3 is 5.11 Å². The van der Waals surface area contributed by atoms with Crippen LogP contribution < -0.4 is 0 Å². The Morgan fingerprint density at radius 2 is 1.95 bits per heavy atom. The molecule has 0 atom stereocenters. The third-order valence-corrected chi connectivity index (χ3v) is 3.46. The lowest BCUT2D eigenvalue weighted by atomic mass is 9.94. The molecule has 20 heavy (non-hydrogen) atoms. The molecule has 1 heterocycles. The maximum absolute atomic E-state index is 11.1. The predicted octanol–water partition coefficient (Wildman–Crippen LogP) is 3.91. The highest BCUT2D eigenvalue weighted by molar-refractivity contribution is 5.98. The molecule has 1 aromatic heterocycles. The highest BCUT2D eigenvalue weighted by Crippen LogP contribution is 2.31. The van der Waals surface area contributed by atoms with E-state index in [-0.39, 0.29) is 0 Å². The monoisotopic (exact) mass is 263 g/mol. The summed E-state index contributed by atoms with van der Waals surface area (Å²) in [5.74, 6) is -0.909. The quantitative estimate of drug-likeness (QED) is 0.762. The summed E-state index contributed by atoms with van der Waals surface area (Å²) >= 11 is 0. The molecule has 0 saturated heterocycles. The highest BCUT2D eigenvalue weighted by Gasteiger charge is 2.10. The molecule has 3 heteroatoms. The molecule has 0 aliphatic carbocycles. The summed E-state index contributed by atoms with van der Waals surface area (Å²) in [4.78, 5) is 15.3. The van der Waals surface area contributed by atoms with Gasteiger partial charge >= 0.3 is 5.97 Å². The van der Waals surface area contributed by atoms with Crippen LogP contribution in [-0.2, 0) is 0 Å². The van der Waals surface area contributed by atoms with Gasteiger partial charge in [-0.15, -0.1) is 0 Å². The molecule has 3 rings (SSSR count). The fourth-order valence-electron chi connectivity index (χ4n) is 2.40. The van der Waals surface area contributed by atoms with Gasteiger partial charge in [-0.2, -0.15) is 0 Å². The zero-order valence-electron chi connectivity index (χ0n) is 11.0. The summed E-state index contributed by atoms with van der Waals surface area (Å²) in [7, 11) is 0. The Morgan fingerprint density at radius 1 is 1.10 bits per heavy atom. The summed E-state index contributed by atoms with van der Waals surface area (Å²) in [5.41, 5.74) is 3.34. The number of pyridine rings is 1. The van der Waals surface area contributed by atoms with Crippen molar-refractivity contribution in [3.05, 3.63) is 66.0 Å². The Labute approximate surface area is 116 Å². The molecule has 0 aliphatic rings. The van der Waals surface area contributed by atoms with Crippen LogP contribution in [0.15, 0.2) is 54.9 Å². The van der Waals surface area contributed by atoms with Crippen molar-refractivity contribution in [3.63, 3.8) is 0 Å². The molecule has 98 valence electrons. The van der Waals surface area contributed by atoms with Gasteiger partial charge in [0.2, 0.25) is 0 Å². The van der Waals surface area contributed by atoms with Crippen molar-refractivity contribution in [3.8, 4) is 11.1 Å². The summed E-state index contributed by atoms with van der Waals surface area (Å²) in [5, 5.41) is 11.3. The van der Waals surface area contributed by atoms with E-state index >= 15 is 0 Å². The number of fused-ring (bicyclic) bond motifs is 1. The smallest absolute Gasteiger partial charge is 0.335 e. The first-order valence-corrected chi connectivity index (χ1v) is 6.34. The first-order valence-electron chi connectivity index (χ1n) is 6.34. The van der Waals surface area contributed by atoms with E-state index in [0.717, 1.165) is 27.5 Å². The molecule has 0 unspecified atom stereocenters. The van der Waals surface area contributed by atoms with Crippen molar-refractivity contribution in [2.75, 3.05) is 0 Å². The lowest BCUT2D eigenvalue weighted by molar-refractivity contribution is 0.0697. The van der Waals surface area contributed by atoms with Crippen LogP contribution in [0.2, 0.25) is 0 Å². The zero-order chi connectivity index (χ0) is 14.1. The summed E-state index contributed by atoms with van der Waals surface area (Å²) in [6, 6.07) is 13.1. The molecule has 3 aromatic rings. The molecule has 0 radical (unpaired) electrons. The van der Waals surface area contributed by atoms with Gasteiger partial charge in [0.25, 0.3) is 0 Å². The van der Waals surface area contributed by atoms with Crippen LogP contribution in [0.1, 0.15) is 15.9 Å². The Bertz CT molecular complexity index is 804. The molecule has 0 saturated carbocycles. The van der Waals surface area contributed by atoms with Crippen LogP contribution in [0.3, 0.4) is 0 Å². The van der Waals surface area contributed by atoms with E-state index in [1.807, 2.05) is 43.5 Å². The number of benzene rings is 2. The second-order valence-corrected chi connectivity index (χ2v) is 4.74. The average molecular weight is 263 g/mol. The molecule has 1 N–H and O–H groups in total. The molecule has 2 aromatic carbocycles. The lowest BCUT2D eigenvalue weighted by Crippen LogP contribution is -1.97. The van der Waals surface area contributed by atoms with Gasteiger partial charge in [0, 0.05) is 17.8 Å². The van der Waals surface area contributed by atoms with E-state index in [1.165, 1.54) is 0 Å². The lowest BCUT2D eigenvalue weighted by Gasteiger charge is -2.10. The van der Waals surface area contributed by atoms with Crippen molar-refractivity contribution < 1.29 is 9.90 Å². The van der Waals surface area contributed by atoms with Gasteiger partial charge in [-0.3, -0.25) is 4.98 Å². The number of hydrogen-bond donors (Lipinski definition) is 1. The van der Waals surface area contributed by atoms with Gasteiger partial charge in [-0.25, -0.2) is 4.79 Å². The van der Waals surface area contributed by atoms with E-state index in [9.17, 15) is 4.79 Å². The number of aromatic carboxylic acids is 1. The average Bonchev–Trinajstić information content (AvgIpc) is 2.47. The Morgan fingerprint density at radius 3 is 2.75 bits per heavy atom. The van der Waals surface area contributed by atoms with Crippen molar-refractivity contribution in [1.82, 2.24) is 4.98 Å². The molecular weight excluding hydrogens is 250 g/mol. The molecule has 0 fully saturated rings. The van der Waals surface area contributed by atoms with Crippen molar-refractivity contribution in [2.24, 2.45) is 0 Å². The van der Waals surface area contributed by atoms with Crippen LogP contribution in [0, 0.1) is 6.92 Å². The first kappa shape index (κ1) is 12.4. The third-order valence-electron chi connectivity index (χ3n) is 3.46. The number of aryl methyl sites for hydroxylation is 1. The highest BCUT2D eigenvalue weighted by atomic mass is 16.4. The predicted molar refractivity (Wildman–Crippen MR) is 78.9 cm³/mol. The van der Waals surface area contributed by atoms with E-state index in [1.54, 1.807) is 18.3 Å². The number of carbonyl (C=O) groups is 1. The second-order valence-electron chi connectivity index (χ2n) is 4.74. The number of carboxylic acid groups (broad SMARTS) is 1. The van der Waals surface area contributed by atoms with Crippen molar-refractivity contribution in [1.29, 1.82) is 0 Å². The number of nitrogens with zero attached hydrogens (tertiary/aromatic N) is 1. The zero-order valence-corrected chi connectivity index (χ0v) is 11.0. The van der Waals surface area contributed by atoms with Crippen LogP contribution >= 0.6 is 0 Å². The fourth-order valence-corrected chi connectivity index (χ4v) is 2.40. The van der Waals surface area contributed by atoms with Crippen LogP contribution in [0.4, 0.5) is 0 Å². The molecular formula is C17H13NO2. The summed E-state index contributed by atoms with van der Waals surface area (Å²) in [6.07, 6.45) is 3.57. The molecule has 3 nitrogen and oxygen atoms in total. The Hall–Kier alpha value is -2.68. The van der Waals surface area contributed by atoms with Gasteiger partial charge in [0.15, 0.2) is 0 Å². The second kappa shape index (κ2) is 4.78. The Balaban J connectivity index is 2.30.